The van der Waals surface area contributed by atoms with Crippen molar-refractivity contribution in [3.63, 3.8) is 0 Å². The van der Waals surface area contributed by atoms with Gasteiger partial charge in [-0.15, -0.1) is 0 Å². The van der Waals surface area contributed by atoms with E-state index in [2.05, 4.69) is 25.3 Å². The van der Waals surface area contributed by atoms with Crippen molar-refractivity contribution in [1.29, 1.82) is 0 Å². The van der Waals surface area contributed by atoms with Crippen molar-refractivity contribution < 1.29 is 9.26 Å². The molecule has 2 aromatic rings. The summed E-state index contributed by atoms with van der Waals surface area (Å²) < 4.78 is 10.8. The van der Waals surface area contributed by atoms with Crippen molar-refractivity contribution in [3.8, 4) is 11.6 Å². The third kappa shape index (κ3) is 1.92. The van der Waals surface area contributed by atoms with Gasteiger partial charge in [-0.1, -0.05) is 5.16 Å². The number of hydrogen-bond acceptors (Lipinski definition) is 7. The molecule has 1 saturated heterocycles. The van der Waals surface area contributed by atoms with E-state index in [1.807, 2.05) is 0 Å². The number of nitrogens with one attached hydrogen (secondary N) is 1. The van der Waals surface area contributed by atoms with Crippen molar-refractivity contribution in [2.24, 2.45) is 5.73 Å². The number of nitrogens with zero attached hydrogens (tertiary/aromatic N) is 4. The number of aromatic nitrogens is 5. The van der Waals surface area contributed by atoms with Gasteiger partial charge in [0.15, 0.2) is 5.82 Å². The van der Waals surface area contributed by atoms with E-state index in [1.165, 1.54) is 6.33 Å². The Morgan fingerprint density at radius 2 is 2.41 bits per heavy atom. The summed E-state index contributed by atoms with van der Waals surface area (Å²) in [5, 5.41) is 10.2. The van der Waals surface area contributed by atoms with Crippen LogP contribution in [-0.2, 0) is 4.74 Å². The van der Waals surface area contributed by atoms with E-state index >= 15 is 0 Å². The van der Waals surface area contributed by atoms with Crippen LogP contribution in [0.2, 0.25) is 0 Å². The second kappa shape index (κ2) is 4.22. The summed E-state index contributed by atoms with van der Waals surface area (Å²) in [6.07, 6.45) is 3.08. The van der Waals surface area contributed by atoms with Crippen LogP contribution in [-0.4, -0.2) is 38.0 Å². The first-order valence-electron chi connectivity index (χ1n) is 5.41. The lowest BCUT2D eigenvalue weighted by Gasteiger charge is -2.07. The summed E-state index contributed by atoms with van der Waals surface area (Å²) in [6.45, 7) is 0.513. The van der Waals surface area contributed by atoms with E-state index in [9.17, 15) is 0 Å². The van der Waals surface area contributed by atoms with Gasteiger partial charge in [0.2, 0.25) is 5.82 Å². The van der Waals surface area contributed by atoms with Gasteiger partial charge in [-0.3, -0.25) is 5.10 Å². The van der Waals surface area contributed by atoms with Crippen LogP contribution in [0.3, 0.4) is 0 Å². The Kier molecular flexibility index (Phi) is 2.57. The van der Waals surface area contributed by atoms with Gasteiger partial charge in [0.1, 0.15) is 12.4 Å². The second-order valence-electron chi connectivity index (χ2n) is 3.85. The third-order valence-electron chi connectivity index (χ3n) is 2.71. The zero-order valence-electron chi connectivity index (χ0n) is 9.04. The maximum atomic E-state index is 5.66. The van der Waals surface area contributed by atoms with Crippen molar-refractivity contribution in [2.75, 3.05) is 6.54 Å². The molecule has 2 unspecified atom stereocenters. The van der Waals surface area contributed by atoms with E-state index in [0.29, 0.717) is 24.1 Å². The monoisotopic (exact) mass is 236 g/mol. The highest BCUT2D eigenvalue weighted by Gasteiger charge is 2.30. The smallest absolute Gasteiger partial charge is 0.256 e. The molecule has 17 heavy (non-hydrogen) atoms. The first-order chi connectivity index (χ1) is 8.36. The van der Waals surface area contributed by atoms with Gasteiger partial charge in [0.05, 0.1) is 6.10 Å². The Morgan fingerprint density at radius 3 is 3.12 bits per heavy atom. The summed E-state index contributed by atoms with van der Waals surface area (Å²) in [5.41, 5.74) is 5.54. The molecule has 8 heteroatoms. The van der Waals surface area contributed by atoms with Crippen LogP contribution in [0.1, 0.15) is 24.8 Å². The van der Waals surface area contributed by atoms with Gasteiger partial charge in [-0.25, -0.2) is 4.98 Å². The van der Waals surface area contributed by atoms with Crippen LogP contribution in [0.4, 0.5) is 0 Å². The molecule has 0 aliphatic carbocycles. The number of ether oxygens (including phenoxy) is 1. The molecule has 1 fully saturated rings. The number of rotatable bonds is 3. The Labute approximate surface area is 96.6 Å². The van der Waals surface area contributed by atoms with E-state index < -0.39 is 0 Å². The normalized spacial score (nSPS) is 24.3. The molecule has 3 rings (SSSR count). The molecule has 0 radical (unpaired) electrons. The lowest BCUT2D eigenvalue weighted by molar-refractivity contribution is 0.0307. The Morgan fingerprint density at radius 1 is 1.47 bits per heavy atom. The van der Waals surface area contributed by atoms with Gasteiger partial charge >= 0.3 is 0 Å². The maximum absolute atomic E-state index is 5.66. The molecular formula is C9H12N6O2. The molecule has 0 spiro atoms. The molecule has 8 nitrogen and oxygen atoms in total. The Balaban J connectivity index is 1.77. The summed E-state index contributed by atoms with van der Waals surface area (Å²) in [4.78, 5) is 8.17. The second-order valence-corrected chi connectivity index (χ2v) is 3.85. The van der Waals surface area contributed by atoms with Crippen molar-refractivity contribution in [2.45, 2.75) is 25.0 Å². The van der Waals surface area contributed by atoms with Gasteiger partial charge in [0, 0.05) is 6.54 Å². The number of H-pyrrole nitrogens is 1. The average molecular weight is 236 g/mol. The predicted molar refractivity (Wildman–Crippen MR) is 55.6 cm³/mol. The summed E-state index contributed by atoms with van der Waals surface area (Å²) in [5.74, 6) is 1.33. The van der Waals surface area contributed by atoms with E-state index in [-0.39, 0.29) is 12.2 Å². The highest BCUT2D eigenvalue weighted by molar-refractivity contribution is 5.39. The minimum Gasteiger partial charge on any atom is -0.364 e. The average Bonchev–Trinajstić information content (AvgIpc) is 3.09. The van der Waals surface area contributed by atoms with E-state index in [0.717, 1.165) is 12.8 Å². The molecule has 0 saturated carbocycles. The molecule has 2 aromatic heterocycles. The van der Waals surface area contributed by atoms with Crippen LogP contribution in [0.5, 0.6) is 0 Å². The first kappa shape index (κ1) is 10.4. The number of nitrogens with two attached hydrogens (primary N) is 1. The molecule has 1 aliphatic heterocycles. The van der Waals surface area contributed by atoms with Crippen LogP contribution >= 0.6 is 0 Å². The highest BCUT2D eigenvalue weighted by atomic mass is 16.5. The third-order valence-corrected chi connectivity index (χ3v) is 2.71. The molecule has 90 valence electrons. The van der Waals surface area contributed by atoms with Gasteiger partial charge in [0.25, 0.3) is 5.89 Å². The molecule has 0 bridgehead atoms. The SMILES string of the molecule is NCC1CCC(c2nc(-c3ncn[nH]3)no2)O1. The van der Waals surface area contributed by atoms with E-state index in [1.54, 1.807) is 0 Å². The van der Waals surface area contributed by atoms with Crippen LogP contribution < -0.4 is 5.73 Å². The Bertz CT molecular complexity index is 481. The molecule has 1 aliphatic rings. The quantitative estimate of drug-likeness (QED) is 0.772. The highest BCUT2D eigenvalue weighted by Crippen LogP contribution is 2.31. The van der Waals surface area contributed by atoms with Gasteiger partial charge in [-0.05, 0) is 12.8 Å². The largest absolute Gasteiger partial charge is 0.364 e. The molecule has 2 atom stereocenters. The predicted octanol–water partition coefficient (Wildman–Crippen LogP) is 0.0335. The standard InChI is InChI=1S/C9H12N6O2/c10-3-5-1-2-6(16-5)9-13-8(15-17-9)7-11-4-12-14-7/h4-6H,1-3,10H2,(H,11,12,14). The summed E-state index contributed by atoms with van der Waals surface area (Å²) in [7, 11) is 0. The van der Waals surface area contributed by atoms with Crippen molar-refractivity contribution >= 4 is 0 Å². The lowest BCUT2D eigenvalue weighted by Crippen LogP contribution is -2.18. The summed E-state index contributed by atoms with van der Waals surface area (Å²) in [6, 6.07) is 0. The molecule has 3 N–H and O–H groups in total. The molecular weight excluding hydrogens is 224 g/mol. The fraction of sp³-hybridized carbons (Fsp3) is 0.556. The minimum absolute atomic E-state index is 0.0839. The van der Waals surface area contributed by atoms with Gasteiger partial charge in [-0.2, -0.15) is 10.1 Å². The maximum Gasteiger partial charge on any atom is 0.256 e. The summed E-state index contributed by atoms with van der Waals surface area (Å²) >= 11 is 0. The van der Waals surface area contributed by atoms with Crippen LogP contribution in [0.15, 0.2) is 10.9 Å². The van der Waals surface area contributed by atoms with Gasteiger partial charge < -0.3 is 15.0 Å². The lowest BCUT2D eigenvalue weighted by atomic mass is 10.2. The van der Waals surface area contributed by atoms with Crippen molar-refractivity contribution in [1.82, 2.24) is 25.3 Å². The topological polar surface area (TPSA) is 116 Å². The molecule has 3 heterocycles. The molecule has 0 amide bonds. The first-order valence-corrected chi connectivity index (χ1v) is 5.41. The zero-order chi connectivity index (χ0) is 11.7. The van der Waals surface area contributed by atoms with Crippen LogP contribution in [0.25, 0.3) is 11.6 Å². The number of hydrogen-bond donors (Lipinski definition) is 2. The van der Waals surface area contributed by atoms with Crippen LogP contribution in [0, 0.1) is 0 Å². The fourth-order valence-electron chi connectivity index (χ4n) is 1.84. The Hall–Kier alpha value is -1.80. The molecule has 0 aromatic carbocycles. The number of aromatic amines is 1. The zero-order valence-corrected chi connectivity index (χ0v) is 9.04. The fourth-order valence-corrected chi connectivity index (χ4v) is 1.84. The minimum atomic E-state index is -0.160. The van der Waals surface area contributed by atoms with E-state index in [4.69, 9.17) is 15.0 Å². The van der Waals surface area contributed by atoms with Crippen molar-refractivity contribution in [3.05, 3.63) is 12.2 Å².